The number of hydrogen-bond acceptors (Lipinski definition) is 7. The van der Waals surface area contributed by atoms with E-state index in [0.717, 1.165) is 24.2 Å². The zero-order valence-corrected chi connectivity index (χ0v) is 20.5. The predicted molar refractivity (Wildman–Crippen MR) is 137 cm³/mol. The van der Waals surface area contributed by atoms with Gasteiger partial charge in [-0.2, -0.15) is 0 Å². The minimum absolute atomic E-state index is 0.0146. The first-order valence-electron chi connectivity index (χ1n) is 11.6. The van der Waals surface area contributed by atoms with Crippen LogP contribution in [0.2, 0.25) is 0 Å². The lowest BCUT2D eigenvalue weighted by atomic mass is 10.2. The summed E-state index contributed by atoms with van der Waals surface area (Å²) in [6.45, 7) is 6.73. The van der Waals surface area contributed by atoms with E-state index in [1.54, 1.807) is 6.08 Å². The van der Waals surface area contributed by atoms with Crippen LogP contribution in [0.4, 0.5) is 11.5 Å². The quantitative estimate of drug-likeness (QED) is 0.308. The summed E-state index contributed by atoms with van der Waals surface area (Å²) in [7, 11) is 0. The number of nitrogens with two attached hydrogens (primary N) is 1. The molecule has 0 unspecified atom stereocenters. The van der Waals surface area contributed by atoms with Crippen LogP contribution in [-0.4, -0.2) is 42.5 Å². The number of H-pyrrole nitrogens is 1. The van der Waals surface area contributed by atoms with Crippen LogP contribution < -0.4 is 21.9 Å². The van der Waals surface area contributed by atoms with E-state index >= 15 is 0 Å². The normalized spacial score (nSPS) is 13.1. The summed E-state index contributed by atoms with van der Waals surface area (Å²) in [6.07, 6.45) is 4.56. The van der Waals surface area contributed by atoms with Crippen LogP contribution in [0, 0.1) is 0 Å². The number of thioether (sulfide) groups is 1. The van der Waals surface area contributed by atoms with Crippen molar-refractivity contribution in [3.05, 3.63) is 75.2 Å². The summed E-state index contributed by atoms with van der Waals surface area (Å²) >= 11 is 1.26. The van der Waals surface area contributed by atoms with Crippen molar-refractivity contribution >= 4 is 29.2 Å². The van der Waals surface area contributed by atoms with E-state index in [0.29, 0.717) is 24.0 Å². The Hall–Kier alpha value is -3.60. The monoisotopic (exact) mass is 495 g/mol. The van der Waals surface area contributed by atoms with Gasteiger partial charge in [0.1, 0.15) is 11.6 Å². The Morgan fingerprint density at radius 3 is 2.66 bits per heavy atom. The van der Waals surface area contributed by atoms with Crippen molar-refractivity contribution in [1.29, 1.82) is 0 Å². The second kappa shape index (κ2) is 10.8. The van der Waals surface area contributed by atoms with E-state index in [-0.39, 0.29) is 36.3 Å². The molecule has 1 aromatic carbocycles. The Balaban J connectivity index is 1.60. The Kier molecular flexibility index (Phi) is 7.54. The van der Waals surface area contributed by atoms with Crippen LogP contribution in [0.3, 0.4) is 0 Å². The third kappa shape index (κ3) is 5.40. The molecule has 2 aromatic heterocycles. The van der Waals surface area contributed by atoms with Crippen molar-refractivity contribution in [3.63, 3.8) is 0 Å². The molecule has 0 aliphatic heterocycles. The Bertz CT molecular complexity index is 1330. The first-order chi connectivity index (χ1) is 16.9. The number of carbonyl (C=O) groups is 1. The highest BCUT2D eigenvalue weighted by atomic mass is 32.2. The molecular formula is C24H29N7O3S. The van der Waals surface area contributed by atoms with Crippen molar-refractivity contribution in [2.24, 2.45) is 0 Å². The Morgan fingerprint density at radius 2 is 2.00 bits per heavy atom. The lowest BCUT2D eigenvalue weighted by Crippen LogP contribution is -2.42. The van der Waals surface area contributed by atoms with Crippen LogP contribution in [-0.2, 0) is 17.9 Å². The Labute approximate surface area is 206 Å². The summed E-state index contributed by atoms with van der Waals surface area (Å²) in [5.41, 5.74) is 5.84. The molecule has 1 aliphatic carbocycles. The molecule has 0 atom stereocenters. The van der Waals surface area contributed by atoms with Crippen molar-refractivity contribution in [2.75, 3.05) is 22.9 Å². The van der Waals surface area contributed by atoms with Crippen LogP contribution in [0.5, 0.6) is 0 Å². The first kappa shape index (κ1) is 24.5. The maximum Gasteiger partial charge on any atom is 0.330 e. The predicted octanol–water partition coefficient (Wildman–Crippen LogP) is 2.36. The number of nitrogens with zero attached hydrogens (tertiary/aromatic N) is 5. The van der Waals surface area contributed by atoms with Crippen molar-refractivity contribution in [1.82, 2.24) is 24.3 Å². The maximum absolute atomic E-state index is 13.3. The summed E-state index contributed by atoms with van der Waals surface area (Å²) in [6, 6.07) is 9.30. The zero-order chi connectivity index (χ0) is 24.9. The van der Waals surface area contributed by atoms with Crippen LogP contribution >= 0.6 is 11.8 Å². The molecule has 0 bridgehead atoms. The van der Waals surface area contributed by atoms with Gasteiger partial charge in [-0.15, -0.1) is 16.8 Å². The molecule has 35 heavy (non-hydrogen) atoms. The van der Waals surface area contributed by atoms with Crippen molar-refractivity contribution < 1.29 is 4.79 Å². The third-order valence-corrected chi connectivity index (χ3v) is 6.69. The average molecular weight is 496 g/mol. The molecule has 1 aliphatic rings. The molecule has 1 saturated carbocycles. The fraction of sp³-hybridized carbons (Fsp3) is 0.375. The largest absolute Gasteiger partial charge is 0.383 e. The van der Waals surface area contributed by atoms with Crippen LogP contribution in [0.25, 0.3) is 0 Å². The van der Waals surface area contributed by atoms with Crippen molar-refractivity contribution in [2.45, 2.75) is 50.4 Å². The molecule has 10 nitrogen and oxygen atoms in total. The first-order valence-corrected chi connectivity index (χ1v) is 12.6. The highest BCUT2D eigenvalue weighted by Crippen LogP contribution is 2.40. The molecule has 184 valence electrons. The molecular weight excluding hydrogens is 466 g/mol. The molecule has 3 N–H and O–H groups in total. The number of carbonyl (C=O) groups excluding carboxylic acids is 1. The molecule has 4 rings (SSSR count). The van der Waals surface area contributed by atoms with Gasteiger partial charge in [-0.25, -0.2) is 4.79 Å². The second-order valence-corrected chi connectivity index (χ2v) is 9.36. The number of nitrogen functional groups attached to an aromatic ring is 1. The van der Waals surface area contributed by atoms with Crippen molar-refractivity contribution in [3.8, 4) is 0 Å². The molecule has 2 heterocycles. The Morgan fingerprint density at radius 1 is 1.26 bits per heavy atom. The average Bonchev–Trinajstić information content (AvgIpc) is 3.61. The highest BCUT2D eigenvalue weighted by Gasteiger charge is 2.31. The number of amides is 1. The molecule has 0 saturated heterocycles. The van der Waals surface area contributed by atoms with E-state index in [1.807, 2.05) is 41.8 Å². The minimum atomic E-state index is -0.686. The van der Waals surface area contributed by atoms with Gasteiger partial charge >= 0.3 is 5.69 Å². The van der Waals surface area contributed by atoms with Gasteiger partial charge in [0.2, 0.25) is 5.91 Å². The van der Waals surface area contributed by atoms with E-state index < -0.39 is 11.2 Å². The van der Waals surface area contributed by atoms with Gasteiger partial charge in [0.15, 0.2) is 10.8 Å². The highest BCUT2D eigenvalue weighted by molar-refractivity contribution is 7.99. The van der Waals surface area contributed by atoms with Gasteiger partial charge in [0.05, 0.1) is 12.3 Å². The van der Waals surface area contributed by atoms with Gasteiger partial charge in [0.25, 0.3) is 5.56 Å². The molecule has 0 radical (unpaired) electrons. The molecule has 1 amide bonds. The number of nitrogens with one attached hydrogen (secondary N) is 1. The number of aromatic amines is 1. The number of allylic oxidation sites excluding steroid dienone is 1. The lowest BCUT2D eigenvalue weighted by molar-refractivity contribution is -0.116. The standard InChI is InChI=1S/C24H29N7O3S/c1-3-12-29(18(32)15-35-24-28-27-21(17-10-11-17)30(24)13-4-2)19-20(25)31(23(34)26-22(19)33)14-16-8-6-5-7-9-16/h4-9,17H,2-3,10-15,25H2,1H3,(H,26,33,34). The fourth-order valence-corrected chi connectivity index (χ4v) is 4.73. The minimum Gasteiger partial charge on any atom is -0.383 e. The van der Waals surface area contributed by atoms with E-state index in [9.17, 15) is 14.4 Å². The number of anilines is 2. The molecule has 11 heteroatoms. The zero-order valence-electron chi connectivity index (χ0n) is 19.6. The van der Waals surface area contributed by atoms with Gasteiger partial charge in [-0.05, 0) is 24.8 Å². The fourth-order valence-electron chi connectivity index (χ4n) is 3.90. The van der Waals surface area contributed by atoms with Crippen LogP contribution in [0.1, 0.15) is 43.5 Å². The number of aromatic nitrogens is 5. The smallest absolute Gasteiger partial charge is 0.330 e. The summed E-state index contributed by atoms with van der Waals surface area (Å²) < 4.78 is 3.26. The van der Waals surface area contributed by atoms with E-state index in [1.165, 1.54) is 21.2 Å². The van der Waals surface area contributed by atoms with Gasteiger partial charge in [-0.3, -0.25) is 19.1 Å². The number of benzene rings is 1. The van der Waals surface area contributed by atoms with E-state index in [2.05, 4.69) is 21.8 Å². The topological polar surface area (TPSA) is 132 Å². The SMILES string of the molecule is C=CCn1c(SCC(=O)N(CCC)c2c(N)n(Cc3ccccc3)c(=O)[nH]c2=O)nnc1C1CC1. The van der Waals surface area contributed by atoms with Gasteiger partial charge < -0.3 is 15.2 Å². The molecule has 3 aromatic rings. The lowest BCUT2D eigenvalue weighted by Gasteiger charge is -2.24. The molecule has 0 spiro atoms. The number of hydrogen-bond donors (Lipinski definition) is 2. The summed E-state index contributed by atoms with van der Waals surface area (Å²) in [4.78, 5) is 42.3. The second-order valence-electron chi connectivity index (χ2n) is 8.41. The summed E-state index contributed by atoms with van der Waals surface area (Å²) in [5, 5.41) is 9.21. The van der Waals surface area contributed by atoms with Gasteiger partial charge in [0, 0.05) is 19.0 Å². The number of rotatable bonds is 11. The summed E-state index contributed by atoms with van der Waals surface area (Å²) in [5.74, 6) is 1.02. The van der Waals surface area contributed by atoms with Gasteiger partial charge in [-0.1, -0.05) is 55.1 Å². The third-order valence-electron chi connectivity index (χ3n) is 5.74. The van der Waals surface area contributed by atoms with E-state index in [4.69, 9.17) is 5.73 Å². The maximum atomic E-state index is 13.3. The van der Waals surface area contributed by atoms with Crippen LogP contribution in [0.15, 0.2) is 57.7 Å². The molecule has 1 fully saturated rings.